The molecule has 5 nitrogen and oxygen atoms in total. The lowest BCUT2D eigenvalue weighted by Crippen LogP contribution is -2.31. The second kappa shape index (κ2) is 4.69. The van der Waals surface area contributed by atoms with E-state index in [2.05, 4.69) is 4.18 Å². The highest BCUT2D eigenvalue weighted by atomic mass is 32.2. The second-order valence-electron chi connectivity index (χ2n) is 4.82. The van der Waals surface area contributed by atoms with E-state index in [1.807, 2.05) is 0 Å². The molecule has 1 aliphatic carbocycles. The van der Waals surface area contributed by atoms with Crippen LogP contribution >= 0.6 is 0 Å². The van der Waals surface area contributed by atoms with Gasteiger partial charge in [0.1, 0.15) is 5.76 Å². The zero-order chi connectivity index (χ0) is 15.1. The summed E-state index contributed by atoms with van der Waals surface area (Å²) in [5.74, 6) is -2.11. The smallest absolute Gasteiger partial charge is 0.478 e. The maximum absolute atomic E-state index is 12.2. The van der Waals surface area contributed by atoms with Crippen molar-refractivity contribution in [1.29, 1.82) is 0 Å². The van der Waals surface area contributed by atoms with Crippen LogP contribution in [0.5, 0.6) is 0 Å². The van der Waals surface area contributed by atoms with E-state index in [1.165, 1.54) is 13.8 Å². The van der Waals surface area contributed by atoms with Gasteiger partial charge in [-0.1, -0.05) is 13.8 Å². The molecule has 0 aromatic heterocycles. The van der Waals surface area contributed by atoms with E-state index in [4.69, 9.17) is 5.11 Å². The van der Waals surface area contributed by atoms with Crippen LogP contribution in [0.1, 0.15) is 33.1 Å². The number of halogens is 3. The maximum Gasteiger partial charge on any atom is 0.534 e. The topological polar surface area (TPSA) is 80.7 Å². The Balaban J connectivity index is 3.27. The Morgan fingerprint density at radius 2 is 1.89 bits per heavy atom. The van der Waals surface area contributed by atoms with Crippen LogP contribution in [0.3, 0.4) is 0 Å². The van der Waals surface area contributed by atoms with E-state index < -0.39 is 38.3 Å². The molecular formula is C10H13F3O5S. The van der Waals surface area contributed by atoms with Crippen LogP contribution in [0.15, 0.2) is 11.3 Å². The van der Waals surface area contributed by atoms with Crippen LogP contribution in [0.4, 0.5) is 13.2 Å². The summed E-state index contributed by atoms with van der Waals surface area (Å²) in [6.07, 6.45) is 0.625. The van der Waals surface area contributed by atoms with Gasteiger partial charge in [0.2, 0.25) is 0 Å². The first kappa shape index (κ1) is 15.8. The molecule has 0 saturated carbocycles. The number of hydrogen-bond acceptors (Lipinski definition) is 4. The molecule has 0 radical (unpaired) electrons. The lowest BCUT2D eigenvalue weighted by molar-refractivity contribution is -0.134. The molecule has 0 aliphatic heterocycles. The molecule has 19 heavy (non-hydrogen) atoms. The Morgan fingerprint density at radius 3 is 2.32 bits per heavy atom. The van der Waals surface area contributed by atoms with E-state index in [1.54, 1.807) is 0 Å². The quantitative estimate of drug-likeness (QED) is 0.639. The molecule has 1 rings (SSSR count). The normalized spacial score (nSPS) is 20.3. The molecule has 110 valence electrons. The maximum atomic E-state index is 12.2. The number of carboxylic acids is 1. The SMILES string of the molecule is CC1(C)CCCC(OS(=O)(=O)C(F)(F)F)=C1C(=O)O. The molecular weight excluding hydrogens is 289 g/mol. The zero-order valence-electron chi connectivity index (χ0n) is 10.2. The highest BCUT2D eigenvalue weighted by Crippen LogP contribution is 2.42. The van der Waals surface area contributed by atoms with Gasteiger partial charge in [-0.05, 0) is 12.8 Å². The van der Waals surface area contributed by atoms with Crippen LogP contribution in [-0.4, -0.2) is 25.0 Å². The molecule has 0 aromatic rings. The first-order valence-electron chi connectivity index (χ1n) is 5.36. The molecule has 0 bridgehead atoms. The number of aliphatic carboxylic acids is 1. The summed E-state index contributed by atoms with van der Waals surface area (Å²) in [5, 5.41) is 9.03. The fourth-order valence-electron chi connectivity index (χ4n) is 1.99. The number of carbonyl (C=O) groups is 1. The van der Waals surface area contributed by atoms with Gasteiger partial charge in [0.05, 0.1) is 5.57 Å². The predicted octanol–water partition coefficient (Wildman–Crippen LogP) is 2.40. The monoisotopic (exact) mass is 302 g/mol. The Labute approximate surface area is 108 Å². The van der Waals surface area contributed by atoms with Crippen molar-refractivity contribution in [2.24, 2.45) is 5.41 Å². The average Bonchev–Trinajstić information content (AvgIpc) is 2.12. The van der Waals surface area contributed by atoms with Crippen LogP contribution in [0.2, 0.25) is 0 Å². The van der Waals surface area contributed by atoms with Crippen molar-refractivity contribution >= 4 is 16.1 Å². The lowest BCUT2D eigenvalue weighted by Gasteiger charge is -2.31. The molecule has 0 aromatic carbocycles. The van der Waals surface area contributed by atoms with Crippen LogP contribution in [-0.2, 0) is 19.1 Å². The molecule has 0 amide bonds. The van der Waals surface area contributed by atoms with Gasteiger partial charge >= 0.3 is 21.6 Å². The van der Waals surface area contributed by atoms with Gasteiger partial charge in [-0.15, -0.1) is 0 Å². The Bertz CT molecular complexity index is 516. The van der Waals surface area contributed by atoms with Crippen molar-refractivity contribution in [3.8, 4) is 0 Å². The summed E-state index contributed by atoms with van der Waals surface area (Å²) in [6.45, 7) is 3.03. The van der Waals surface area contributed by atoms with Crippen LogP contribution < -0.4 is 0 Å². The summed E-state index contributed by atoms with van der Waals surface area (Å²) in [7, 11) is -5.84. The third-order valence-corrected chi connectivity index (χ3v) is 3.86. The van der Waals surface area contributed by atoms with E-state index in [0.717, 1.165) is 0 Å². The highest BCUT2D eigenvalue weighted by molar-refractivity contribution is 7.87. The van der Waals surface area contributed by atoms with E-state index >= 15 is 0 Å². The fourth-order valence-corrected chi connectivity index (χ4v) is 2.52. The Morgan fingerprint density at radius 1 is 1.37 bits per heavy atom. The van der Waals surface area contributed by atoms with Gasteiger partial charge in [-0.2, -0.15) is 21.6 Å². The summed E-state index contributed by atoms with van der Waals surface area (Å²) in [6, 6.07) is 0. The van der Waals surface area contributed by atoms with Crippen molar-refractivity contribution < 1.29 is 35.7 Å². The van der Waals surface area contributed by atoms with Gasteiger partial charge in [-0.3, -0.25) is 0 Å². The van der Waals surface area contributed by atoms with Crippen LogP contribution in [0, 0.1) is 5.41 Å². The largest absolute Gasteiger partial charge is 0.534 e. The summed E-state index contributed by atoms with van der Waals surface area (Å²) in [5.41, 5.74) is -6.95. The first-order valence-corrected chi connectivity index (χ1v) is 6.77. The van der Waals surface area contributed by atoms with Crippen LogP contribution in [0.25, 0.3) is 0 Å². The van der Waals surface area contributed by atoms with Gasteiger partial charge in [0, 0.05) is 11.8 Å². The average molecular weight is 302 g/mol. The molecule has 0 spiro atoms. The third-order valence-electron chi connectivity index (χ3n) is 2.87. The summed E-state index contributed by atoms with van der Waals surface area (Å²) >= 11 is 0. The number of hydrogen-bond donors (Lipinski definition) is 1. The third kappa shape index (κ3) is 3.20. The van der Waals surface area contributed by atoms with Gasteiger partial charge < -0.3 is 9.29 Å². The molecule has 1 N–H and O–H groups in total. The van der Waals surface area contributed by atoms with E-state index in [9.17, 15) is 26.4 Å². The van der Waals surface area contributed by atoms with Gasteiger partial charge in [0.25, 0.3) is 0 Å². The van der Waals surface area contributed by atoms with Crippen molar-refractivity contribution in [1.82, 2.24) is 0 Å². The molecule has 0 heterocycles. The number of rotatable bonds is 3. The Kier molecular flexibility index (Phi) is 3.91. The van der Waals surface area contributed by atoms with Gasteiger partial charge in [0.15, 0.2) is 0 Å². The second-order valence-corrected chi connectivity index (χ2v) is 6.36. The van der Waals surface area contributed by atoms with Crippen molar-refractivity contribution in [2.75, 3.05) is 0 Å². The highest BCUT2D eigenvalue weighted by Gasteiger charge is 2.50. The number of allylic oxidation sites excluding steroid dienone is 1. The minimum absolute atomic E-state index is 0.152. The lowest BCUT2D eigenvalue weighted by atomic mass is 9.75. The fraction of sp³-hybridized carbons (Fsp3) is 0.700. The number of carboxylic acid groups (broad SMARTS) is 1. The standard InChI is InChI=1S/C10H13F3O5S/c1-9(2)5-3-4-6(7(9)8(14)15)18-19(16,17)10(11,12)13/h3-5H2,1-2H3,(H,14,15). The molecule has 0 saturated heterocycles. The van der Waals surface area contributed by atoms with E-state index in [0.29, 0.717) is 12.8 Å². The van der Waals surface area contributed by atoms with Gasteiger partial charge in [-0.25, -0.2) is 4.79 Å². The molecule has 0 fully saturated rings. The first-order chi connectivity index (χ1) is 8.38. The Hall–Kier alpha value is -1.25. The molecule has 0 atom stereocenters. The predicted molar refractivity (Wildman–Crippen MR) is 58.4 cm³/mol. The van der Waals surface area contributed by atoms with Crippen molar-refractivity contribution in [2.45, 2.75) is 38.6 Å². The minimum Gasteiger partial charge on any atom is -0.478 e. The summed E-state index contributed by atoms with van der Waals surface area (Å²) in [4.78, 5) is 11.1. The number of alkyl halides is 3. The zero-order valence-corrected chi connectivity index (χ0v) is 11.1. The van der Waals surface area contributed by atoms with E-state index in [-0.39, 0.29) is 6.42 Å². The van der Waals surface area contributed by atoms with Crippen molar-refractivity contribution in [3.05, 3.63) is 11.3 Å². The molecule has 0 unspecified atom stereocenters. The summed E-state index contributed by atoms with van der Waals surface area (Å²) < 4.78 is 62.5. The molecule has 9 heteroatoms. The van der Waals surface area contributed by atoms with Crippen molar-refractivity contribution in [3.63, 3.8) is 0 Å². The molecule has 1 aliphatic rings. The minimum atomic E-state index is -5.84.